The number of sulfonamides is 2. The van der Waals surface area contributed by atoms with Gasteiger partial charge in [-0.15, -0.1) is 0 Å². The fourth-order valence-electron chi connectivity index (χ4n) is 5.34. The van der Waals surface area contributed by atoms with Crippen molar-refractivity contribution >= 4 is 25.8 Å². The van der Waals surface area contributed by atoms with Gasteiger partial charge in [0.05, 0.1) is 9.79 Å². The van der Waals surface area contributed by atoms with E-state index in [2.05, 4.69) is 5.16 Å². The molecule has 2 saturated heterocycles. The summed E-state index contributed by atoms with van der Waals surface area (Å²) in [7, 11) is -7.36. The molecule has 0 aromatic heterocycles. The minimum absolute atomic E-state index is 0.157. The number of benzene rings is 2. The topological polar surface area (TPSA) is 107 Å². The zero-order chi connectivity index (χ0) is 24.6. The summed E-state index contributed by atoms with van der Waals surface area (Å²) in [5, 5.41) is 13.4. The maximum absolute atomic E-state index is 13.3. The summed E-state index contributed by atoms with van der Waals surface area (Å²) in [5.41, 5.74) is 2.61. The molecule has 3 aliphatic rings. The molecule has 0 bridgehead atoms. The monoisotopic (exact) mass is 517 g/mol. The summed E-state index contributed by atoms with van der Waals surface area (Å²) < 4.78 is 56.4. The first-order valence-corrected chi connectivity index (χ1v) is 15.2. The normalized spacial score (nSPS) is 20.1. The summed E-state index contributed by atoms with van der Waals surface area (Å²) in [4.78, 5) is 0.314. The molecule has 0 radical (unpaired) electrons. The van der Waals surface area contributed by atoms with Crippen molar-refractivity contribution < 1.29 is 22.0 Å². The second-order valence-electron chi connectivity index (χ2n) is 9.50. The van der Waals surface area contributed by atoms with E-state index >= 15 is 0 Å². The van der Waals surface area contributed by atoms with Gasteiger partial charge in [-0.3, -0.25) is 0 Å². The minimum atomic E-state index is -3.68. The number of oxime groups is 1. The molecule has 1 N–H and O–H groups in total. The molecule has 0 atom stereocenters. The highest BCUT2D eigenvalue weighted by atomic mass is 32.2. The van der Waals surface area contributed by atoms with Gasteiger partial charge in [-0.1, -0.05) is 43.0 Å². The van der Waals surface area contributed by atoms with Gasteiger partial charge in [0.2, 0.25) is 20.0 Å². The Labute approximate surface area is 207 Å². The SMILES string of the molecule is O=S(=O)(c1ccc2c(c1)C(=NO)c1cc(S(=O)(=O)N3CCCCCC3)ccc1-2)N1CCCCCC1. The lowest BCUT2D eigenvalue weighted by Crippen LogP contribution is -2.32. The Kier molecular flexibility index (Phi) is 6.73. The Balaban J connectivity index is 1.51. The molecule has 2 aromatic rings. The van der Waals surface area contributed by atoms with Gasteiger partial charge in [-0.2, -0.15) is 8.61 Å². The Morgan fingerprint density at radius 1 is 0.571 bits per heavy atom. The van der Waals surface area contributed by atoms with Crippen molar-refractivity contribution in [2.24, 2.45) is 5.16 Å². The average molecular weight is 518 g/mol. The van der Waals surface area contributed by atoms with Crippen LogP contribution >= 0.6 is 0 Å². The molecule has 0 spiro atoms. The number of hydrogen-bond acceptors (Lipinski definition) is 6. The van der Waals surface area contributed by atoms with E-state index in [1.807, 2.05) is 0 Å². The standard InChI is InChI=1S/C25H31N3O5S2/c29-26-25-23-17-19(34(30,31)27-13-5-1-2-6-14-27)9-11-21(23)22-12-10-20(18-24(22)25)35(32,33)28-15-7-3-4-8-16-28/h9-12,17-18,29H,1-8,13-16H2. The highest BCUT2D eigenvalue weighted by molar-refractivity contribution is 7.89. The second-order valence-corrected chi connectivity index (χ2v) is 13.4. The van der Waals surface area contributed by atoms with E-state index in [4.69, 9.17) is 0 Å². The fourth-order valence-corrected chi connectivity index (χ4v) is 8.43. The summed E-state index contributed by atoms with van der Waals surface area (Å²) >= 11 is 0. The number of nitrogens with zero attached hydrogens (tertiary/aromatic N) is 3. The minimum Gasteiger partial charge on any atom is -0.410 e. The molecule has 188 valence electrons. The molecule has 8 nitrogen and oxygen atoms in total. The van der Waals surface area contributed by atoms with Crippen molar-refractivity contribution in [1.29, 1.82) is 0 Å². The van der Waals surface area contributed by atoms with Crippen molar-refractivity contribution in [3.05, 3.63) is 47.5 Å². The molecular weight excluding hydrogens is 486 g/mol. The Morgan fingerprint density at radius 2 is 0.943 bits per heavy atom. The highest BCUT2D eigenvalue weighted by Gasteiger charge is 2.33. The van der Waals surface area contributed by atoms with Crippen LogP contribution in [0.4, 0.5) is 0 Å². The van der Waals surface area contributed by atoms with Crippen molar-refractivity contribution in [3.63, 3.8) is 0 Å². The molecule has 2 aromatic carbocycles. The van der Waals surface area contributed by atoms with E-state index < -0.39 is 20.0 Å². The number of hydrogen-bond donors (Lipinski definition) is 1. The molecule has 2 fully saturated rings. The molecule has 5 rings (SSSR count). The van der Waals surface area contributed by atoms with Gasteiger partial charge in [-0.25, -0.2) is 16.8 Å². The zero-order valence-electron chi connectivity index (χ0n) is 19.7. The van der Waals surface area contributed by atoms with Crippen molar-refractivity contribution in [2.75, 3.05) is 26.2 Å². The Bertz CT molecular complexity index is 1250. The first-order chi connectivity index (χ1) is 16.8. The van der Waals surface area contributed by atoms with Crippen LogP contribution in [0.5, 0.6) is 0 Å². The average Bonchev–Trinajstić information content (AvgIpc) is 3.14. The largest absolute Gasteiger partial charge is 0.410 e. The van der Waals surface area contributed by atoms with Crippen LogP contribution in [0.3, 0.4) is 0 Å². The number of fused-ring (bicyclic) bond motifs is 3. The third-order valence-electron chi connectivity index (χ3n) is 7.29. The first kappa shape index (κ1) is 24.4. The van der Waals surface area contributed by atoms with E-state index in [9.17, 15) is 22.0 Å². The zero-order valence-corrected chi connectivity index (χ0v) is 21.3. The smallest absolute Gasteiger partial charge is 0.243 e. The van der Waals surface area contributed by atoms with E-state index in [0.717, 1.165) is 62.5 Å². The molecule has 2 heterocycles. The molecule has 1 aliphatic carbocycles. The van der Waals surface area contributed by atoms with Crippen LogP contribution in [-0.2, 0) is 20.0 Å². The van der Waals surface area contributed by atoms with Gasteiger partial charge in [0.1, 0.15) is 5.71 Å². The Hall–Kier alpha value is -2.27. The number of rotatable bonds is 4. The van der Waals surface area contributed by atoms with Gasteiger partial charge in [0.25, 0.3) is 0 Å². The maximum Gasteiger partial charge on any atom is 0.243 e. The second kappa shape index (κ2) is 9.65. The highest BCUT2D eigenvalue weighted by Crippen LogP contribution is 2.40. The lowest BCUT2D eigenvalue weighted by atomic mass is 10.1. The molecule has 0 amide bonds. The van der Waals surface area contributed by atoms with Gasteiger partial charge in [0, 0.05) is 37.3 Å². The first-order valence-electron chi connectivity index (χ1n) is 12.4. The van der Waals surface area contributed by atoms with Crippen LogP contribution in [0, 0.1) is 0 Å². The van der Waals surface area contributed by atoms with E-state index in [1.54, 1.807) is 36.4 Å². The molecule has 2 aliphatic heterocycles. The molecule has 35 heavy (non-hydrogen) atoms. The van der Waals surface area contributed by atoms with Crippen LogP contribution < -0.4 is 0 Å². The summed E-state index contributed by atoms with van der Waals surface area (Å²) in [6.45, 7) is 1.99. The fraction of sp³-hybridized carbons (Fsp3) is 0.480. The van der Waals surface area contributed by atoms with Crippen LogP contribution in [0.25, 0.3) is 11.1 Å². The van der Waals surface area contributed by atoms with E-state index in [-0.39, 0.29) is 15.5 Å². The predicted octanol–water partition coefficient (Wildman–Crippen LogP) is 4.02. The van der Waals surface area contributed by atoms with E-state index in [0.29, 0.717) is 37.3 Å². The van der Waals surface area contributed by atoms with Crippen molar-refractivity contribution in [2.45, 2.75) is 61.2 Å². The van der Waals surface area contributed by atoms with Crippen LogP contribution in [0.2, 0.25) is 0 Å². The molecular formula is C25H31N3O5S2. The van der Waals surface area contributed by atoms with Crippen molar-refractivity contribution in [3.8, 4) is 11.1 Å². The third-order valence-corrected chi connectivity index (χ3v) is 11.1. The van der Waals surface area contributed by atoms with Crippen molar-refractivity contribution in [1.82, 2.24) is 8.61 Å². The van der Waals surface area contributed by atoms with Crippen LogP contribution in [0.1, 0.15) is 62.5 Å². The molecule has 0 unspecified atom stereocenters. The third kappa shape index (κ3) is 4.41. The lowest BCUT2D eigenvalue weighted by molar-refractivity contribution is 0.320. The predicted molar refractivity (Wildman–Crippen MR) is 134 cm³/mol. The van der Waals surface area contributed by atoms with Gasteiger partial charge >= 0.3 is 0 Å². The quantitative estimate of drug-likeness (QED) is 0.415. The van der Waals surface area contributed by atoms with E-state index in [1.165, 1.54) is 8.61 Å². The summed E-state index contributed by atoms with van der Waals surface area (Å²) in [6, 6.07) is 9.72. The lowest BCUT2D eigenvalue weighted by Gasteiger charge is -2.20. The van der Waals surface area contributed by atoms with Gasteiger partial charge in [0.15, 0.2) is 0 Å². The van der Waals surface area contributed by atoms with Gasteiger partial charge < -0.3 is 5.21 Å². The maximum atomic E-state index is 13.3. The van der Waals surface area contributed by atoms with Crippen LogP contribution in [-0.4, -0.2) is 62.5 Å². The van der Waals surface area contributed by atoms with Crippen LogP contribution in [0.15, 0.2) is 51.3 Å². The summed E-state index contributed by atoms with van der Waals surface area (Å²) in [6.07, 6.45) is 7.46. The molecule has 10 heteroatoms. The molecule has 0 saturated carbocycles. The van der Waals surface area contributed by atoms with Gasteiger partial charge in [-0.05, 0) is 61.1 Å². The summed E-state index contributed by atoms with van der Waals surface area (Å²) in [5.74, 6) is 0. The Morgan fingerprint density at radius 3 is 1.29 bits per heavy atom.